The van der Waals surface area contributed by atoms with E-state index in [1.165, 1.54) is 27.1 Å². The van der Waals surface area contributed by atoms with Crippen LogP contribution in [0.25, 0.3) is 21.5 Å². The van der Waals surface area contributed by atoms with Gasteiger partial charge in [-0.25, -0.2) is 0 Å². The highest BCUT2D eigenvalue weighted by Gasteiger charge is 2.10. The van der Waals surface area contributed by atoms with E-state index >= 15 is 0 Å². The van der Waals surface area contributed by atoms with Gasteiger partial charge in [0.15, 0.2) is 0 Å². The molecule has 0 aliphatic carbocycles. The minimum Gasteiger partial charge on any atom is -0.377 e. The number of hydrogen-bond acceptors (Lipinski definition) is 1. The third-order valence-corrected chi connectivity index (χ3v) is 3.59. The van der Waals surface area contributed by atoms with Gasteiger partial charge in [0.25, 0.3) is 0 Å². The third-order valence-electron chi connectivity index (χ3n) is 3.59. The lowest BCUT2D eigenvalue weighted by atomic mass is 9.95. The summed E-state index contributed by atoms with van der Waals surface area (Å²) >= 11 is 0. The molecule has 0 aliphatic rings. The van der Waals surface area contributed by atoms with Crippen LogP contribution in [0, 0.1) is 0 Å². The maximum atomic E-state index is 5.49. The maximum absolute atomic E-state index is 5.49. The van der Waals surface area contributed by atoms with Crippen LogP contribution < -0.4 is 0 Å². The number of methoxy groups -OCH3 is 1. The van der Waals surface area contributed by atoms with Crippen molar-refractivity contribution in [2.75, 3.05) is 7.11 Å². The first-order chi connectivity index (χ1) is 8.81. The van der Waals surface area contributed by atoms with Crippen molar-refractivity contribution in [2.45, 2.75) is 13.0 Å². The summed E-state index contributed by atoms with van der Waals surface area (Å²) in [6.07, 6.45) is 0.111. The highest BCUT2D eigenvalue weighted by atomic mass is 16.5. The van der Waals surface area contributed by atoms with E-state index in [2.05, 4.69) is 61.5 Å². The summed E-state index contributed by atoms with van der Waals surface area (Å²) in [5.41, 5.74) is 1.26. The molecule has 1 heteroatoms. The average Bonchev–Trinajstić information content (AvgIpc) is 2.45. The second-order valence-corrected chi connectivity index (χ2v) is 4.61. The fraction of sp³-hybridized carbons (Fsp3) is 0.176. The second kappa shape index (κ2) is 4.43. The minimum atomic E-state index is 0.111. The van der Waals surface area contributed by atoms with Crippen molar-refractivity contribution in [2.24, 2.45) is 0 Å². The highest BCUT2D eigenvalue weighted by Crippen LogP contribution is 2.32. The molecule has 3 aromatic carbocycles. The van der Waals surface area contributed by atoms with E-state index in [1.807, 2.05) is 0 Å². The fourth-order valence-electron chi connectivity index (χ4n) is 2.55. The summed E-state index contributed by atoms with van der Waals surface area (Å²) < 4.78 is 5.49. The lowest BCUT2D eigenvalue weighted by Gasteiger charge is -2.15. The zero-order chi connectivity index (χ0) is 12.5. The molecule has 0 saturated carbocycles. The van der Waals surface area contributed by atoms with Crippen LogP contribution in [0.4, 0.5) is 0 Å². The molecule has 0 fully saturated rings. The monoisotopic (exact) mass is 236 g/mol. The molecule has 0 bridgehead atoms. The van der Waals surface area contributed by atoms with Crippen molar-refractivity contribution < 1.29 is 4.74 Å². The molecule has 0 aliphatic heterocycles. The van der Waals surface area contributed by atoms with E-state index in [0.29, 0.717) is 0 Å². The lowest BCUT2D eigenvalue weighted by molar-refractivity contribution is 0.121. The molecule has 0 heterocycles. The van der Waals surface area contributed by atoms with E-state index in [9.17, 15) is 0 Å². The van der Waals surface area contributed by atoms with Gasteiger partial charge in [-0.15, -0.1) is 0 Å². The van der Waals surface area contributed by atoms with Gasteiger partial charge in [-0.3, -0.25) is 0 Å². The number of rotatable bonds is 2. The summed E-state index contributed by atoms with van der Waals surface area (Å²) in [6.45, 7) is 2.09. The summed E-state index contributed by atoms with van der Waals surface area (Å²) in [6, 6.07) is 19.3. The zero-order valence-corrected chi connectivity index (χ0v) is 10.7. The summed E-state index contributed by atoms with van der Waals surface area (Å²) in [5, 5.41) is 5.16. The van der Waals surface area contributed by atoms with Gasteiger partial charge >= 0.3 is 0 Å². The van der Waals surface area contributed by atoms with Gasteiger partial charge in [0.2, 0.25) is 0 Å². The topological polar surface area (TPSA) is 9.23 Å². The average molecular weight is 236 g/mol. The Kier molecular flexibility index (Phi) is 2.77. The van der Waals surface area contributed by atoms with Crippen molar-refractivity contribution in [3.8, 4) is 0 Å². The Hall–Kier alpha value is -1.86. The molecular weight excluding hydrogens is 220 g/mol. The van der Waals surface area contributed by atoms with Crippen LogP contribution in [0.5, 0.6) is 0 Å². The summed E-state index contributed by atoms with van der Waals surface area (Å²) in [4.78, 5) is 0. The largest absolute Gasteiger partial charge is 0.377 e. The molecule has 3 aromatic rings. The smallest absolute Gasteiger partial charge is 0.0799 e. The normalized spacial score (nSPS) is 13.0. The molecule has 0 saturated heterocycles. The Labute approximate surface area is 107 Å². The van der Waals surface area contributed by atoms with Crippen LogP contribution in [-0.2, 0) is 4.74 Å². The SMILES string of the molecule is COC(C)c1cc2ccccc2c2ccccc12. The summed E-state index contributed by atoms with van der Waals surface area (Å²) in [7, 11) is 1.76. The van der Waals surface area contributed by atoms with Crippen molar-refractivity contribution in [3.63, 3.8) is 0 Å². The predicted molar refractivity (Wildman–Crippen MR) is 76.9 cm³/mol. The molecule has 0 spiro atoms. The first kappa shape index (κ1) is 11.2. The number of benzene rings is 3. The van der Waals surface area contributed by atoms with Gasteiger partial charge in [-0.05, 0) is 40.1 Å². The van der Waals surface area contributed by atoms with Crippen molar-refractivity contribution >= 4 is 21.5 Å². The van der Waals surface area contributed by atoms with E-state index in [0.717, 1.165) is 0 Å². The van der Waals surface area contributed by atoms with Gasteiger partial charge in [0, 0.05) is 7.11 Å². The van der Waals surface area contributed by atoms with Crippen LogP contribution in [0.1, 0.15) is 18.6 Å². The fourth-order valence-corrected chi connectivity index (χ4v) is 2.55. The van der Waals surface area contributed by atoms with Gasteiger partial charge in [0.05, 0.1) is 6.10 Å². The van der Waals surface area contributed by atoms with Gasteiger partial charge in [-0.2, -0.15) is 0 Å². The Morgan fingerprint density at radius 3 is 2.17 bits per heavy atom. The molecule has 18 heavy (non-hydrogen) atoms. The van der Waals surface area contributed by atoms with Gasteiger partial charge in [0.1, 0.15) is 0 Å². The van der Waals surface area contributed by atoms with Crippen LogP contribution in [0.2, 0.25) is 0 Å². The van der Waals surface area contributed by atoms with Crippen molar-refractivity contribution in [1.29, 1.82) is 0 Å². The molecule has 0 aromatic heterocycles. The van der Waals surface area contributed by atoms with E-state index in [-0.39, 0.29) is 6.10 Å². The van der Waals surface area contributed by atoms with Gasteiger partial charge < -0.3 is 4.74 Å². The van der Waals surface area contributed by atoms with Crippen LogP contribution in [-0.4, -0.2) is 7.11 Å². The molecule has 1 unspecified atom stereocenters. The van der Waals surface area contributed by atoms with E-state index < -0.39 is 0 Å². The standard InChI is InChI=1S/C17H16O/c1-12(18-2)17-11-13-7-3-4-8-14(13)15-9-5-6-10-16(15)17/h3-12H,1-2H3. The lowest BCUT2D eigenvalue weighted by Crippen LogP contribution is -1.97. The van der Waals surface area contributed by atoms with Crippen molar-refractivity contribution in [1.82, 2.24) is 0 Å². The predicted octanol–water partition coefficient (Wildman–Crippen LogP) is 4.70. The van der Waals surface area contributed by atoms with Crippen LogP contribution >= 0.6 is 0 Å². The molecule has 1 nitrogen and oxygen atoms in total. The highest BCUT2D eigenvalue weighted by molar-refractivity contribution is 6.09. The van der Waals surface area contributed by atoms with Gasteiger partial charge in [-0.1, -0.05) is 48.5 Å². The summed E-state index contributed by atoms with van der Waals surface area (Å²) in [5.74, 6) is 0. The first-order valence-corrected chi connectivity index (χ1v) is 6.24. The zero-order valence-electron chi connectivity index (χ0n) is 10.7. The molecule has 1 atom stereocenters. The number of hydrogen-bond donors (Lipinski definition) is 0. The van der Waals surface area contributed by atoms with Crippen LogP contribution in [0.15, 0.2) is 54.6 Å². The Morgan fingerprint density at radius 2 is 1.44 bits per heavy atom. The number of fused-ring (bicyclic) bond motifs is 3. The Bertz CT molecular complexity index is 700. The third kappa shape index (κ3) is 1.68. The quantitative estimate of drug-likeness (QED) is 0.586. The van der Waals surface area contributed by atoms with Crippen LogP contribution in [0.3, 0.4) is 0 Å². The molecular formula is C17H16O. The minimum absolute atomic E-state index is 0.111. The first-order valence-electron chi connectivity index (χ1n) is 6.24. The molecule has 0 amide bonds. The molecule has 0 N–H and O–H groups in total. The van der Waals surface area contributed by atoms with E-state index in [4.69, 9.17) is 4.74 Å². The Balaban J connectivity index is 2.46. The molecule has 3 rings (SSSR count). The van der Waals surface area contributed by atoms with E-state index in [1.54, 1.807) is 7.11 Å². The maximum Gasteiger partial charge on any atom is 0.0799 e. The molecule has 90 valence electrons. The van der Waals surface area contributed by atoms with Crippen molar-refractivity contribution in [3.05, 3.63) is 60.2 Å². The number of ether oxygens (including phenoxy) is 1. The molecule has 0 radical (unpaired) electrons. The second-order valence-electron chi connectivity index (χ2n) is 4.61. The Morgan fingerprint density at radius 1 is 0.833 bits per heavy atom.